The lowest BCUT2D eigenvalue weighted by Gasteiger charge is -2.19. The zero-order valence-corrected chi connectivity index (χ0v) is 16.2. The molecule has 1 N–H and O–H groups in total. The molecule has 1 aromatic heterocycles. The Morgan fingerprint density at radius 3 is 2.62 bits per heavy atom. The fraction of sp³-hybridized carbons (Fsp3) is 0.261. The first-order valence-corrected chi connectivity index (χ1v) is 9.60. The number of hydrogen-bond donors (Lipinski definition) is 1. The van der Waals surface area contributed by atoms with Gasteiger partial charge in [0.2, 0.25) is 0 Å². The number of nitrogens with one attached hydrogen (secondary N) is 1. The number of rotatable bonds is 6. The smallest absolute Gasteiger partial charge is 0.287 e. The molecule has 2 aromatic carbocycles. The standard InChI is InChI=1S/C23H23FN2O3/c1-26-13-20(16-5-3-2-4-6-16)21(14-26)25-23(27)22-12-11-19(29-22)15-28-18-9-7-17(24)8-10-18/h2-12,20-21H,13-15H2,1H3,(H,25,27). The second-order valence-corrected chi connectivity index (χ2v) is 7.33. The molecule has 1 aliphatic heterocycles. The molecule has 1 saturated heterocycles. The number of amides is 1. The zero-order valence-electron chi connectivity index (χ0n) is 16.2. The van der Waals surface area contributed by atoms with Gasteiger partial charge in [-0.3, -0.25) is 4.79 Å². The van der Waals surface area contributed by atoms with Crippen molar-refractivity contribution in [1.82, 2.24) is 10.2 Å². The predicted octanol–water partition coefficient (Wildman–Crippen LogP) is 3.83. The van der Waals surface area contributed by atoms with E-state index in [9.17, 15) is 9.18 Å². The molecule has 5 nitrogen and oxygen atoms in total. The van der Waals surface area contributed by atoms with Crippen LogP contribution < -0.4 is 10.1 Å². The number of halogens is 1. The molecule has 4 rings (SSSR count). The van der Waals surface area contributed by atoms with Gasteiger partial charge >= 0.3 is 0 Å². The largest absolute Gasteiger partial charge is 0.486 e. The number of benzene rings is 2. The Morgan fingerprint density at radius 2 is 1.86 bits per heavy atom. The van der Waals surface area contributed by atoms with Crippen molar-refractivity contribution in [2.45, 2.75) is 18.6 Å². The van der Waals surface area contributed by atoms with E-state index in [1.165, 1.54) is 17.7 Å². The fourth-order valence-corrected chi connectivity index (χ4v) is 3.69. The minimum absolute atomic E-state index is 0.0129. The van der Waals surface area contributed by atoms with Gasteiger partial charge in [0, 0.05) is 19.0 Å². The van der Waals surface area contributed by atoms with Gasteiger partial charge in [-0.1, -0.05) is 30.3 Å². The van der Waals surface area contributed by atoms with Gasteiger partial charge in [-0.05, 0) is 49.0 Å². The van der Waals surface area contributed by atoms with Crippen LogP contribution in [-0.4, -0.2) is 37.0 Å². The molecular weight excluding hydrogens is 371 g/mol. The van der Waals surface area contributed by atoms with Gasteiger partial charge < -0.3 is 19.4 Å². The number of carbonyl (C=O) groups excluding carboxylic acids is 1. The van der Waals surface area contributed by atoms with Gasteiger partial charge in [-0.25, -0.2) is 4.39 Å². The molecule has 3 aromatic rings. The zero-order chi connectivity index (χ0) is 20.2. The van der Waals surface area contributed by atoms with E-state index in [0.717, 1.165) is 13.1 Å². The van der Waals surface area contributed by atoms with Crippen LogP contribution in [-0.2, 0) is 6.61 Å². The van der Waals surface area contributed by atoms with E-state index in [-0.39, 0.29) is 36.1 Å². The molecule has 0 spiro atoms. The Balaban J connectivity index is 1.37. The highest BCUT2D eigenvalue weighted by Gasteiger charge is 2.33. The summed E-state index contributed by atoms with van der Waals surface area (Å²) < 4.78 is 24.2. The number of likely N-dealkylation sites (N-methyl/N-ethyl adjacent to an activating group) is 1. The highest BCUT2D eigenvalue weighted by atomic mass is 19.1. The molecule has 1 fully saturated rings. The van der Waals surface area contributed by atoms with E-state index < -0.39 is 0 Å². The summed E-state index contributed by atoms with van der Waals surface area (Å²) in [6, 6.07) is 19.4. The maximum Gasteiger partial charge on any atom is 0.287 e. The van der Waals surface area contributed by atoms with Crippen molar-refractivity contribution < 1.29 is 18.3 Å². The number of nitrogens with zero attached hydrogens (tertiary/aromatic N) is 1. The Morgan fingerprint density at radius 1 is 1.10 bits per heavy atom. The van der Waals surface area contributed by atoms with Gasteiger partial charge in [0.05, 0.1) is 6.04 Å². The van der Waals surface area contributed by atoms with Crippen molar-refractivity contribution in [3.05, 3.63) is 89.6 Å². The summed E-state index contributed by atoms with van der Waals surface area (Å²) in [5, 5.41) is 3.11. The van der Waals surface area contributed by atoms with E-state index >= 15 is 0 Å². The topological polar surface area (TPSA) is 54.7 Å². The van der Waals surface area contributed by atoms with Crippen molar-refractivity contribution >= 4 is 5.91 Å². The van der Waals surface area contributed by atoms with Crippen LogP contribution in [0.25, 0.3) is 0 Å². The number of ether oxygens (including phenoxy) is 1. The SMILES string of the molecule is CN1CC(NC(=O)c2ccc(COc3ccc(F)cc3)o2)C(c2ccccc2)C1. The van der Waals surface area contributed by atoms with Crippen molar-refractivity contribution in [2.75, 3.05) is 20.1 Å². The number of carbonyl (C=O) groups is 1. The summed E-state index contributed by atoms with van der Waals surface area (Å²) in [5.41, 5.74) is 1.22. The van der Waals surface area contributed by atoms with E-state index in [1.807, 2.05) is 18.2 Å². The molecule has 0 bridgehead atoms. The minimum Gasteiger partial charge on any atom is -0.486 e. The van der Waals surface area contributed by atoms with Crippen LogP contribution >= 0.6 is 0 Å². The van der Waals surface area contributed by atoms with E-state index in [4.69, 9.17) is 9.15 Å². The van der Waals surface area contributed by atoms with Gasteiger partial charge in [0.1, 0.15) is 23.9 Å². The highest BCUT2D eigenvalue weighted by Crippen LogP contribution is 2.27. The Hall–Kier alpha value is -3.12. The first-order chi connectivity index (χ1) is 14.1. The summed E-state index contributed by atoms with van der Waals surface area (Å²) in [6.45, 7) is 1.84. The second kappa shape index (κ2) is 8.49. The van der Waals surface area contributed by atoms with Crippen LogP contribution in [0.3, 0.4) is 0 Å². The van der Waals surface area contributed by atoms with Gasteiger partial charge in [0.25, 0.3) is 5.91 Å². The molecule has 0 saturated carbocycles. The summed E-state index contributed by atoms with van der Waals surface area (Å²) in [6.07, 6.45) is 0. The van der Waals surface area contributed by atoms with E-state index in [2.05, 4.69) is 29.4 Å². The third-order valence-electron chi connectivity index (χ3n) is 5.13. The fourth-order valence-electron chi connectivity index (χ4n) is 3.69. The second-order valence-electron chi connectivity index (χ2n) is 7.33. The molecule has 2 unspecified atom stereocenters. The molecule has 1 aliphatic rings. The molecule has 0 aliphatic carbocycles. The van der Waals surface area contributed by atoms with Crippen molar-refractivity contribution in [1.29, 1.82) is 0 Å². The maximum atomic E-state index is 12.9. The first kappa shape index (κ1) is 19.2. The monoisotopic (exact) mass is 394 g/mol. The van der Waals surface area contributed by atoms with Crippen LogP contribution in [0.5, 0.6) is 5.75 Å². The quantitative estimate of drug-likeness (QED) is 0.691. The van der Waals surface area contributed by atoms with Crippen LogP contribution in [0, 0.1) is 5.82 Å². The number of hydrogen-bond acceptors (Lipinski definition) is 4. The molecule has 0 radical (unpaired) electrons. The lowest BCUT2D eigenvalue weighted by atomic mass is 9.94. The normalized spacial score (nSPS) is 19.2. The van der Waals surface area contributed by atoms with Gasteiger partial charge in [-0.15, -0.1) is 0 Å². The molecular formula is C23H23FN2O3. The molecule has 1 amide bonds. The van der Waals surface area contributed by atoms with E-state index in [1.54, 1.807) is 24.3 Å². The summed E-state index contributed by atoms with van der Waals surface area (Å²) >= 11 is 0. The third kappa shape index (κ3) is 4.66. The summed E-state index contributed by atoms with van der Waals surface area (Å²) in [7, 11) is 2.06. The van der Waals surface area contributed by atoms with Crippen LogP contribution in [0.4, 0.5) is 4.39 Å². The number of likely N-dealkylation sites (tertiary alicyclic amines) is 1. The predicted molar refractivity (Wildman–Crippen MR) is 107 cm³/mol. The molecule has 6 heteroatoms. The lowest BCUT2D eigenvalue weighted by molar-refractivity contribution is 0.0903. The number of furan rings is 1. The van der Waals surface area contributed by atoms with Gasteiger partial charge in [0.15, 0.2) is 5.76 Å². The van der Waals surface area contributed by atoms with Crippen LogP contribution in [0.15, 0.2) is 71.1 Å². The van der Waals surface area contributed by atoms with Gasteiger partial charge in [-0.2, -0.15) is 0 Å². The lowest BCUT2D eigenvalue weighted by Crippen LogP contribution is -2.39. The molecule has 2 atom stereocenters. The molecule has 29 heavy (non-hydrogen) atoms. The van der Waals surface area contributed by atoms with Crippen LogP contribution in [0.1, 0.15) is 27.8 Å². The highest BCUT2D eigenvalue weighted by molar-refractivity contribution is 5.91. The average molecular weight is 394 g/mol. The Labute approximate surface area is 169 Å². The Kier molecular flexibility index (Phi) is 5.62. The maximum absolute atomic E-state index is 12.9. The average Bonchev–Trinajstić information content (AvgIpc) is 3.35. The molecule has 2 heterocycles. The van der Waals surface area contributed by atoms with Crippen LogP contribution in [0.2, 0.25) is 0 Å². The van der Waals surface area contributed by atoms with Crippen molar-refractivity contribution in [3.63, 3.8) is 0 Å². The summed E-state index contributed by atoms with van der Waals surface area (Å²) in [5.74, 6) is 1.00. The molecule has 150 valence electrons. The van der Waals surface area contributed by atoms with Crippen molar-refractivity contribution in [3.8, 4) is 5.75 Å². The van der Waals surface area contributed by atoms with E-state index in [0.29, 0.717) is 11.5 Å². The first-order valence-electron chi connectivity index (χ1n) is 9.60. The summed E-state index contributed by atoms with van der Waals surface area (Å²) in [4.78, 5) is 14.9. The third-order valence-corrected chi connectivity index (χ3v) is 5.13. The Bertz CT molecular complexity index is 956. The minimum atomic E-state index is -0.319. The van der Waals surface area contributed by atoms with Crippen molar-refractivity contribution in [2.24, 2.45) is 0 Å².